The minimum Gasteiger partial charge on any atom is -0.351 e. The third kappa shape index (κ3) is 6.33. The molecule has 2 N–H and O–H groups in total. The molecule has 0 saturated carbocycles. The molecule has 3 aromatic carbocycles. The second-order valence-corrected chi connectivity index (χ2v) is 9.22. The van der Waals surface area contributed by atoms with Crippen LogP contribution in [0.1, 0.15) is 15.9 Å². The minimum absolute atomic E-state index is 0.0436. The molecule has 8 heteroatoms. The van der Waals surface area contributed by atoms with Crippen LogP contribution in [0.3, 0.4) is 0 Å². The zero-order chi connectivity index (χ0) is 21.4. The van der Waals surface area contributed by atoms with Gasteiger partial charge in [0.1, 0.15) is 5.82 Å². The van der Waals surface area contributed by atoms with Crippen molar-refractivity contribution in [3.05, 3.63) is 95.8 Å². The van der Waals surface area contributed by atoms with Crippen molar-refractivity contribution in [3.8, 4) is 0 Å². The van der Waals surface area contributed by atoms with Gasteiger partial charge in [-0.25, -0.2) is 12.8 Å². The Balaban J connectivity index is 1.54. The van der Waals surface area contributed by atoms with Crippen molar-refractivity contribution >= 4 is 33.4 Å². The van der Waals surface area contributed by atoms with Crippen molar-refractivity contribution in [1.82, 2.24) is 5.32 Å². The first-order valence-corrected chi connectivity index (χ1v) is 11.9. The molecule has 30 heavy (non-hydrogen) atoms. The van der Waals surface area contributed by atoms with Crippen LogP contribution in [0.15, 0.2) is 83.8 Å². The number of halogens is 1. The number of benzene rings is 3. The number of nitrogens with one attached hydrogen (secondary N) is 2. The van der Waals surface area contributed by atoms with Crippen LogP contribution in [0.5, 0.6) is 0 Å². The fraction of sp³-hybridized carbons (Fsp3) is 0.136. The van der Waals surface area contributed by atoms with E-state index in [4.69, 9.17) is 0 Å². The fourth-order valence-electron chi connectivity index (χ4n) is 2.64. The monoisotopic (exact) mass is 444 g/mol. The van der Waals surface area contributed by atoms with Gasteiger partial charge < -0.3 is 5.32 Å². The maximum atomic E-state index is 13.0. The molecule has 0 aromatic heterocycles. The Morgan fingerprint density at radius 1 is 0.933 bits per heavy atom. The van der Waals surface area contributed by atoms with Crippen molar-refractivity contribution in [2.45, 2.75) is 10.6 Å². The molecule has 0 unspecified atom stereocenters. The molecule has 0 heterocycles. The van der Waals surface area contributed by atoms with Crippen LogP contribution in [0.2, 0.25) is 0 Å². The van der Waals surface area contributed by atoms with Gasteiger partial charge in [-0.2, -0.15) is 11.8 Å². The lowest BCUT2D eigenvalue weighted by molar-refractivity contribution is 0.0956. The number of amides is 1. The van der Waals surface area contributed by atoms with Crippen LogP contribution < -0.4 is 10.0 Å². The topological polar surface area (TPSA) is 75.3 Å². The third-order valence-corrected chi connectivity index (χ3v) is 6.56. The van der Waals surface area contributed by atoms with Crippen molar-refractivity contribution in [3.63, 3.8) is 0 Å². The van der Waals surface area contributed by atoms with Crippen LogP contribution in [0, 0.1) is 5.82 Å². The van der Waals surface area contributed by atoms with Crippen LogP contribution >= 0.6 is 11.8 Å². The minimum atomic E-state index is -3.90. The molecule has 5 nitrogen and oxygen atoms in total. The van der Waals surface area contributed by atoms with E-state index in [0.29, 0.717) is 6.54 Å². The van der Waals surface area contributed by atoms with Crippen LogP contribution in [-0.2, 0) is 15.8 Å². The van der Waals surface area contributed by atoms with Gasteiger partial charge in [0.15, 0.2) is 0 Å². The summed E-state index contributed by atoms with van der Waals surface area (Å²) in [5.74, 6) is 0.803. The maximum Gasteiger partial charge on any atom is 0.261 e. The van der Waals surface area contributed by atoms with Gasteiger partial charge in [-0.1, -0.05) is 36.4 Å². The Hall–Kier alpha value is -2.84. The van der Waals surface area contributed by atoms with Crippen molar-refractivity contribution in [2.75, 3.05) is 17.0 Å². The second-order valence-electron chi connectivity index (χ2n) is 6.43. The van der Waals surface area contributed by atoms with E-state index in [2.05, 4.69) is 22.2 Å². The fourth-order valence-corrected chi connectivity index (χ4v) is 4.56. The lowest BCUT2D eigenvalue weighted by atomic mass is 10.2. The van der Waals surface area contributed by atoms with Gasteiger partial charge in [0, 0.05) is 29.3 Å². The number of rotatable bonds is 9. The first kappa shape index (κ1) is 21.9. The van der Waals surface area contributed by atoms with Crippen LogP contribution in [0.4, 0.5) is 10.1 Å². The summed E-state index contributed by atoms with van der Waals surface area (Å²) in [6.07, 6.45) is 0. The maximum absolute atomic E-state index is 13.0. The number of anilines is 1. The first-order chi connectivity index (χ1) is 14.4. The van der Waals surface area contributed by atoms with Crippen molar-refractivity contribution in [1.29, 1.82) is 0 Å². The van der Waals surface area contributed by atoms with Crippen LogP contribution in [-0.4, -0.2) is 26.6 Å². The Kier molecular flexibility index (Phi) is 7.48. The molecule has 0 spiro atoms. The number of thioether (sulfide) groups is 1. The Labute approximate surface area is 179 Å². The SMILES string of the molecule is O=C(NCCSCc1ccccc1)c1cccc(S(=O)(=O)Nc2ccc(F)cc2)c1. The summed E-state index contributed by atoms with van der Waals surface area (Å²) in [6.45, 7) is 0.473. The van der Waals surface area contributed by atoms with Gasteiger partial charge in [0.25, 0.3) is 15.9 Å². The number of carbonyl (C=O) groups excluding carboxylic acids is 1. The molecule has 3 aromatic rings. The number of hydrogen-bond acceptors (Lipinski definition) is 4. The Morgan fingerprint density at radius 2 is 1.67 bits per heavy atom. The molecule has 0 atom stereocenters. The van der Waals surface area contributed by atoms with E-state index in [1.807, 2.05) is 18.2 Å². The smallest absolute Gasteiger partial charge is 0.261 e. The predicted octanol–water partition coefficient (Wildman–Crippen LogP) is 4.29. The normalized spacial score (nSPS) is 11.1. The molecule has 3 rings (SSSR count). The van der Waals surface area contributed by atoms with Gasteiger partial charge in [-0.05, 0) is 48.0 Å². The highest BCUT2D eigenvalue weighted by Crippen LogP contribution is 2.18. The summed E-state index contributed by atoms with van der Waals surface area (Å²) < 4.78 is 40.5. The number of hydrogen-bond donors (Lipinski definition) is 2. The molecule has 0 aliphatic carbocycles. The van der Waals surface area contributed by atoms with E-state index in [0.717, 1.165) is 23.6 Å². The predicted molar refractivity (Wildman–Crippen MR) is 119 cm³/mol. The molecular formula is C22H21FN2O3S2. The zero-order valence-electron chi connectivity index (χ0n) is 16.0. The summed E-state index contributed by atoms with van der Waals surface area (Å²) >= 11 is 1.71. The molecule has 0 saturated heterocycles. The molecule has 0 radical (unpaired) electrons. The van der Waals surface area contributed by atoms with Gasteiger partial charge in [-0.15, -0.1) is 0 Å². The largest absolute Gasteiger partial charge is 0.351 e. The standard InChI is InChI=1S/C22H21FN2O3S2/c23-19-9-11-20(12-10-19)25-30(27,28)21-8-4-7-18(15-21)22(26)24-13-14-29-16-17-5-2-1-3-6-17/h1-12,15,25H,13-14,16H2,(H,24,26). The van der Waals surface area contributed by atoms with E-state index in [1.54, 1.807) is 17.8 Å². The molecule has 0 aliphatic heterocycles. The summed E-state index contributed by atoms with van der Waals surface area (Å²) in [4.78, 5) is 12.3. The van der Waals surface area contributed by atoms with E-state index in [9.17, 15) is 17.6 Å². The second kappa shape index (κ2) is 10.3. The average molecular weight is 445 g/mol. The molecule has 1 amide bonds. The zero-order valence-corrected chi connectivity index (χ0v) is 17.7. The average Bonchev–Trinajstić information content (AvgIpc) is 2.76. The lowest BCUT2D eigenvalue weighted by Crippen LogP contribution is -2.26. The first-order valence-electron chi connectivity index (χ1n) is 9.22. The summed E-state index contributed by atoms with van der Waals surface area (Å²) in [7, 11) is -3.90. The van der Waals surface area contributed by atoms with E-state index in [-0.39, 0.29) is 22.1 Å². The molecule has 0 aliphatic rings. The number of sulfonamides is 1. The third-order valence-electron chi connectivity index (χ3n) is 4.15. The highest BCUT2D eigenvalue weighted by molar-refractivity contribution is 7.98. The van der Waals surface area contributed by atoms with Crippen molar-refractivity contribution < 1.29 is 17.6 Å². The highest BCUT2D eigenvalue weighted by Gasteiger charge is 2.16. The van der Waals surface area contributed by atoms with E-state index >= 15 is 0 Å². The Bertz CT molecular complexity index is 1090. The van der Waals surface area contributed by atoms with Gasteiger partial charge in [-0.3, -0.25) is 9.52 Å². The molecule has 156 valence electrons. The Morgan fingerprint density at radius 3 is 2.40 bits per heavy atom. The quantitative estimate of drug-likeness (QED) is 0.483. The van der Waals surface area contributed by atoms with Crippen molar-refractivity contribution in [2.24, 2.45) is 0 Å². The summed E-state index contributed by atoms with van der Waals surface area (Å²) in [5, 5.41) is 2.80. The van der Waals surface area contributed by atoms with Gasteiger partial charge >= 0.3 is 0 Å². The van der Waals surface area contributed by atoms with Crippen LogP contribution in [0.25, 0.3) is 0 Å². The van der Waals surface area contributed by atoms with E-state index in [1.165, 1.54) is 35.9 Å². The summed E-state index contributed by atoms with van der Waals surface area (Å²) in [6, 6.07) is 20.8. The molecule has 0 fully saturated rings. The highest BCUT2D eigenvalue weighted by atomic mass is 32.2. The van der Waals surface area contributed by atoms with Gasteiger partial charge in [0.2, 0.25) is 0 Å². The van der Waals surface area contributed by atoms with E-state index < -0.39 is 15.8 Å². The summed E-state index contributed by atoms with van der Waals surface area (Å²) in [5.41, 5.74) is 1.71. The lowest BCUT2D eigenvalue weighted by Gasteiger charge is -2.10. The number of carbonyl (C=O) groups is 1. The molecule has 0 bridgehead atoms. The molecular weight excluding hydrogens is 423 g/mol. The van der Waals surface area contributed by atoms with Gasteiger partial charge in [0.05, 0.1) is 4.90 Å².